The summed E-state index contributed by atoms with van der Waals surface area (Å²) >= 11 is 3.18. The smallest absolute Gasteiger partial charge is 0.169 e. The van der Waals surface area contributed by atoms with E-state index in [9.17, 15) is 5.11 Å². The van der Waals surface area contributed by atoms with Gasteiger partial charge in [-0.15, -0.1) is 0 Å². The Balaban J connectivity index is 2.71. The molecular formula is C9H14BrNO2. The lowest BCUT2D eigenvalue weighted by molar-refractivity contribution is 0.0865. The van der Waals surface area contributed by atoms with Crippen LogP contribution in [0.3, 0.4) is 0 Å². The monoisotopic (exact) mass is 247 g/mol. The molecule has 2 atom stereocenters. The first-order valence-corrected chi connectivity index (χ1v) is 5.11. The largest absolute Gasteiger partial charge is 0.452 e. The summed E-state index contributed by atoms with van der Waals surface area (Å²) in [6.45, 7) is 2.47. The first-order valence-electron chi connectivity index (χ1n) is 4.32. The molecule has 3 N–H and O–H groups in total. The van der Waals surface area contributed by atoms with Crippen molar-refractivity contribution >= 4 is 15.9 Å². The molecule has 0 bridgehead atoms. The number of aliphatic hydroxyl groups is 1. The van der Waals surface area contributed by atoms with Gasteiger partial charge in [0, 0.05) is 5.92 Å². The topological polar surface area (TPSA) is 59.4 Å². The standard InChI is InChI=1S/C9H14BrNO2/c1-2-6(5-11)9(12)7-3-4-8(10)13-7/h3-4,6,9,12H,2,5,11H2,1H3. The van der Waals surface area contributed by atoms with Gasteiger partial charge < -0.3 is 15.3 Å². The van der Waals surface area contributed by atoms with E-state index in [0.29, 0.717) is 17.0 Å². The van der Waals surface area contributed by atoms with Gasteiger partial charge in [-0.05, 0) is 41.0 Å². The lowest BCUT2D eigenvalue weighted by atomic mass is 9.98. The second-order valence-corrected chi connectivity index (χ2v) is 3.77. The van der Waals surface area contributed by atoms with Crippen molar-refractivity contribution in [2.75, 3.05) is 6.54 Å². The van der Waals surface area contributed by atoms with Crippen LogP contribution in [0.2, 0.25) is 0 Å². The van der Waals surface area contributed by atoms with Gasteiger partial charge in [-0.25, -0.2) is 0 Å². The van der Waals surface area contributed by atoms with Crippen LogP contribution >= 0.6 is 15.9 Å². The van der Waals surface area contributed by atoms with E-state index < -0.39 is 6.10 Å². The van der Waals surface area contributed by atoms with Gasteiger partial charge in [0.2, 0.25) is 0 Å². The van der Waals surface area contributed by atoms with Crippen LogP contribution in [0, 0.1) is 5.92 Å². The molecule has 0 radical (unpaired) electrons. The van der Waals surface area contributed by atoms with Crippen molar-refractivity contribution in [2.24, 2.45) is 11.7 Å². The van der Waals surface area contributed by atoms with Crippen LogP contribution in [-0.2, 0) is 0 Å². The minimum atomic E-state index is -0.596. The Morgan fingerprint density at radius 3 is 2.69 bits per heavy atom. The van der Waals surface area contributed by atoms with E-state index in [0.717, 1.165) is 6.42 Å². The predicted octanol–water partition coefficient (Wildman–Crippen LogP) is 2.06. The van der Waals surface area contributed by atoms with Gasteiger partial charge in [-0.3, -0.25) is 0 Å². The molecule has 0 aliphatic rings. The summed E-state index contributed by atoms with van der Waals surface area (Å²) in [6, 6.07) is 3.52. The maximum atomic E-state index is 9.80. The lowest BCUT2D eigenvalue weighted by Crippen LogP contribution is -2.20. The van der Waals surface area contributed by atoms with Crippen LogP contribution < -0.4 is 5.73 Å². The predicted molar refractivity (Wildman–Crippen MR) is 54.2 cm³/mol. The second-order valence-electron chi connectivity index (χ2n) is 2.99. The highest BCUT2D eigenvalue weighted by molar-refractivity contribution is 9.10. The van der Waals surface area contributed by atoms with Gasteiger partial charge in [0.05, 0.1) is 0 Å². The molecule has 0 saturated carbocycles. The van der Waals surface area contributed by atoms with Crippen molar-refractivity contribution in [1.29, 1.82) is 0 Å². The van der Waals surface area contributed by atoms with Crippen molar-refractivity contribution in [3.05, 3.63) is 22.6 Å². The summed E-state index contributed by atoms with van der Waals surface area (Å²) in [7, 11) is 0. The summed E-state index contributed by atoms with van der Waals surface area (Å²) in [4.78, 5) is 0. The molecule has 1 heterocycles. The number of hydrogen-bond donors (Lipinski definition) is 2. The van der Waals surface area contributed by atoms with E-state index in [-0.39, 0.29) is 5.92 Å². The number of furan rings is 1. The Labute approximate surface area is 86.1 Å². The van der Waals surface area contributed by atoms with E-state index in [1.54, 1.807) is 12.1 Å². The Morgan fingerprint density at radius 1 is 1.62 bits per heavy atom. The van der Waals surface area contributed by atoms with Crippen LogP contribution in [0.5, 0.6) is 0 Å². The normalized spacial score (nSPS) is 15.7. The highest BCUT2D eigenvalue weighted by Crippen LogP contribution is 2.27. The van der Waals surface area contributed by atoms with Crippen molar-refractivity contribution in [2.45, 2.75) is 19.4 Å². The zero-order valence-corrected chi connectivity index (χ0v) is 9.12. The third kappa shape index (κ3) is 2.56. The molecule has 74 valence electrons. The van der Waals surface area contributed by atoms with E-state index in [2.05, 4.69) is 15.9 Å². The molecule has 3 nitrogen and oxygen atoms in total. The van der Waals surface area contributed by atoms with Crippen molar-refractivity contribution < 1.29 is 9.52 Å². The Kier molecular flexibility index (Phi) is 3.96. The van der Waals surface area contributed by atoms with E-state index in [1.807, 2.05) is 6.92 Å². The number of halogens is 1. The van der Waals surface area contributed by atoms with Crippen LogP contribution in [0.15, 0.2) is 21.2 Å². The Hall–Kier alpha value is -0.320. The van der Waals surface area contributed by atoms with Crippen molar-refractivity contribution in [3.63, 3.8) is 0 Å². The summed E-state index contributed by atoms with van der Waals surface area (Å²) < 4.78 is 5.87. The SMILES string of the molecule is CCC(CN)C(O)c1ccc(Br)o1. The second kappa shape index (κ2) is 4.79. The maximum Gasteiger partial charge on any atom is 0.169 e. The zero-order valence-electron chi connectivity index (χ0n) is 7.53. The molecule has 0 amide bonds. The molecule has 0 aliphatic carbocycles. The van der Waals surface area contributed by atoms with Gasteiger partial charge in [0.15, 0.2) is 4.67 Å². The molecule has 13 heavy (non-hydrogen) atoms. The van der Waals surface area contributed by atoms with Crippen molar-refractivity contribution in [1.82, 2.24) is 0 Å². The summed E-state index contributed by atoms with van der Waals surface area (Å²) in [5.74, 6) is 0.641. The van der Waals surface area contributed by atoms with Crippen LogP contribution in [0.1, 0.15) is 25.2 Å². The molecule has 0 spiro atoms. The third-order valence-electron chi connectivity index (χ3n) is 2.16. The number of hydrogen-bond acceptors (Lipinski definition) is 3. The molecule has 0 fully saturated rings. The molecular weight excluding hydrogens is 234 g/mol. The van der Waals surface area contributed by atoms with Crippen LogP contribution in [0.4, 0.5) is 0 Å². The highest BCUT2D eigenvalue weighted by atomic mass is 79.9. The zero-order chi connectivity index (χ0) is 9.84. The summed E-state index contributed by atoms with van der Waals surface area (Å²) in [5.41, 5.74) is 5.51. The average molecular weight is 248 g/mol. The highest BCUT2D eigenvalue weighted by Gasteiger charge is 2.20. The first kappa shape index (κ1) is 10.8. The number of rotatable bonds is 4. The van der Waals surface area contributed by atoms with Gasteiger partial charge in [0.25, 0.3) is 0 Å². The molecule has 0 aliphatic heterocycles. The fourth-order valence-electron chi connectivity index (χ4n) is 1.24. The minimum Gasteiger partial charge on any atom is -0.452 e. The van der Waals surface area contributed by atoms with Gasteiger partial charge in [0.1, 0.15) is 11.9 Å². The number of aliphatic hydroxyl groups excluding tert-OH is 1. The van der Waals surface area contributed by atoms with E-state index in [1.165, 1.54) is 0 Å². The lowest BCUT2D eigenvalue weighted by Gasteiger charge is -2.17. The minimum absolute atomic E-state index is 0.0676. The third-order valence-corrected chi connectivity index (χ3v) is 2.59. The van der Waals surface area contributed by atoms with Crippen molar-refractivity contribution in [3.8, 4) is 0 Å². The molecule has 0 saturated heterocycles. The first-order chi connectivity index (χ1) is 6.19. The van der Waals surface area contributed by atoms with Crippen LogP contribution in [-0.4, -0.2) is 11.7 Å². The molecule has 1 aromatic heterocycles. The Bertz CT molecular complexity index is 258. The summed E-state index contributed by atoms with van der Waals surface area (Å²) in [6.07, 6.45) is 0.247. The molecule has 1 rings (SSSR count). The maximum absolute atomic E-state index is 9.80. The quantitative estimate of drug-likeness (QED) is 0.857. The molecule has 1 aromatic rings. The molecule has 4 heteroatoms. The van der Waals surface area contributed by atoms with Crippen LogP contribution in [0.25, 0.3) is 0 Å². The number of nitrogens with two attached hydrogens (primary N) is 1. The van der Waals surface area contributed by atoms with Gasteiger partial charge in [-0.2, -0.15) is 0 Å². The Morgan fingerprint density at radius 2 is 2.31 bits per heavy atom. The fraction of sp³-hybridized carbons (Fsp3) is 0.556. The summed E-state index contributed by atoms with van der Waals surface area (Å²) in [5, 5.41) is 9.80. The van der Waals surface area contributed by atoms with Gasteiger partial charge >= 0.3 is 0 Å². The molecule has 2 unspecified atom stereocenters. The van der Waals surface area contributed by atoms with E-state index >= 15 is 0 Å². The van der Waals surface area contributed by atoms with Gasteiger partial charge in [-0.1, -0.05) is 6.92 Å². The average Bonchev–Trinajstić information content (AvgIpc) is 2.54. The van der Waals surface area contributed by atoms with E-state index in [4.69, 9.17) is 10.2 Å². The fourth-order valence-corrected chi connectivity index (χ4v) is 1.56. The molecule has 0 aromatic carbocycles.